The van der Waals surface area contributed by atoms with Gasteiger partial charge in [-0.3, -0.25) is 14.4 Å². The molecule has 0 fully saturated rings. The number of hydrogen-bond donors (Lipinski definition) is 2. The molecular formula is C24H25N3O4. The van der Waals surface area contributed by atoms with Crippen molar-refractivity contribution in [1.29, 1.82) is 0 Å². The summed E-state index contributed by atoms with van der Waals surface area (Å²) in [5, 5.41) is 5.57. The van der Waals surface area contributed by atoms with Gasteiger partial charge in [-0.25, -0.2) is 0 Å². The zero-order valence-electron chi connectivity index (χ0n) is 17.8. The molecule has 7 heteroatoms. The summed E-state index contributed by atoms with van der Waals surface area (Å²) in [7, 11) is 0. The van der Waals surface area contributed by atoms with Gasteiger partial charge in [-0.15, -0.1) is 0 Å². The normalized spacial score (nSPS) is 10.4. The smallest absolute Gasteiger partial charge is 0.291 e. The van der Waals surface area contributed by atoms with Gasteiger partial charge in [0.05, 0.1) is 6.26 Å². The fourth-order valence-electron chi connectivity index (χ4n) is 3.08. The Kier molecular flexibility index (Phi) is 6.87. The third kappa shape index (κ3) is 5.19. The van der Waals surface area contributed by atoms with E-state index >= 15 is 0 Å². The minimum absolute atomic E-state index is 0.0432. The van der Waals surface area contributed by atoms with Crippen molar-refractivity contribution >= 4 is 29.1 Å². The van der Waals surface area contributed by atoms with E-state index in [9.17, 15) is 14.4 Å². The summed E-state index contributed by atoms with van der Waals surface area (Å²) < 4.78 is 5.10. The van der Waals surface area contributed by atoms with Crippen molar-refractivity contribution in [1.82, 2.24) is 4.90 Å². The van der Waals surface area contributed by atoms with Crippen molar-refractivity contribution in [2.75, 3.05) is 23.7 Å². The molecule has 0 aliphatic rings. The van der Waals surface area contributed by atoms with Crippen molar-refractivity contribution in [3.8, 4) is 0 Å². The van der Waals surface area contributed by atoms with Crippen LogP contribution in [0.2, 0.25) is 0 Å². The number of furan rings is 1. The molecule has 0 atom stereocenters. The SMILES string of the molecule is CCN(CC)C(=O)c1ccc(NC(=O)c2ccc(C)c(NC(=O)c3ccco3)c2)cc1. The number of rotatable bonds is 7. The number of anilines is 2. The number of nitrogens with one attached hydrogen (secondary N) is 2. The van der Waals surface area contributed by atoms with Gasteiger partial charge < -0.3 is 20.0 Å². The van der Waals surface area contributed by atoms with Gasteiger partial charge >= 0.3 is 0 Å². The topological polar surface area (TPSA) is 91.7 Å². The zero-order chi connectivity index (χ0) is 22.4. The molecule has 1 heterocycles. The molecule has 0 spiro atoms. The largest absolute Gasteiger partial charge is 0.459 e. The Labute approximate surface area is 181 Å². The lowest BCUT2D eigenvalue weighted by atomic mass is 10.1. The van der Waals surface area contributed by atoms with Crippen LogP contribution in [0.4, 0.5) is 11.4 Å². The van der Waals surface area contributed by atoms with E-state index < -0.39 is 0 Å². The monoisotopic (exact) mass is 419 g/mol. The Morgan fingerprint density at radius 2 is 1.55 bits per heavy atom. The van der Waals surface area contributed by atoms with Crippen molar-refractivity contribution in [3.63, 3.8) is 0 Å². The van der Waals surface area contributed by atoms with Crippen LogP contribution in [0.3, 0.4) is 0 Å². The highest BCUT2D eigenvalue weighted by molar-refractivity contribution is 6.07. The quantitative estimate of drug-likeness (QED) is 0.587. The number of carbonyl (C=O) groups is 3. The highest BCUT2D eigenvalue weighted by Crippen LogP contribution is 2.20. The molecule has 0 aliphatic carbocycles. The van der Waals surface area contributed by atoms with Gasteiger partial charge in [0.1, 0.15) is 0 Å². The van der Waals surface area contributed by atoms with Crippen LogP contribution >= 0.6 is 0 Å². The van der Waals surface area contributed by atoms with Crippen molar-refractivity contribution < 1.29 is 18.8 Å². The van der Waals surface area contributed by atoms with Gasteiger partial charge in [0, 0.05) is 35.6 Å². The fraction of sp³-hybridized carbons (Fsp3) is 0.208. The second-order valence-electron chi connectivity index (χ2n) is 6.97. The number of hydrogen-bond acceptors (Lipinski definition) is 4. The number of carbonyl (C=O) groups excluding carboxylic acids is 3. The highest BCUT2D eigenvalue weighted by Gasteiger charge is 2.15. The maximum Gasteiger partial charge on any atom is 0.291 e. The van der Waals surface area contributed by atoms with E-state index in [-0.39, 0.29) is 23.5 Å². The number of benzene rings is 2. The molecule has 1 aromatic heterocycles. The lowest BCUT2D eigenvalue weighted by Gasteiger charge is -2.18. The number of nitrogens with zero attached hydrogens (tertiary/aromatic N) is 1. The van der Waals surface area contributed by atoms with E-state index in [1.807, 2.05) is 20.8 Å². The summed E-state index contributed by atoms with van der Waals surface area (Å²) in [5.41, 5.74) is 2.87. The van der Waals surface area contributed by atoms with Gasteiger partial charge in [-0.05, 0) is 74.9 Å². The molecule has 7 nitrogen and oxygen atoms in total. The summed E-state index contributed by atoms with van der Waals surface area (Å²) in [5.74, 6) is -0.567. The second kappa shape index (κ2) is 9.75. The standard InChI is InChI=1S/C24H25N3O4/c1-4-27(5-2)24(30)17-10-12-19(13-11-17)25-22(28)18-9-8-16(3)20(15-18)26-23(29)21-7-6-14-31-21/h6-15H,4-5H2,1-3H3,(H,25,28)(H,26,29). The predicted octanol–water partition coefficient (Wildman–Crippen LogP) is 4.57. The minimum atomic E-state index is -0.390. The summed E-state index contributed by atoms with van der Waals surface area (Å²) in [6.45, 7) is 6.98. The van der Waals surface area contributed by atoms with Gasteiger partial charge in [-0.2, -0.15) is 0 Å². The van der Waals surface area contributed by atoms with Gasteiger partial charge in [-0.1, -0.05) is 6.07 Å². The van der Waals surface area contributed by atoms with Gasteiger partial charge in [0.2, 0.25) is 0 Å². The van der Waals surface area contributed by atoms with E-state index in [1.165, 1.54) is 6.26 Å². The number of aryl methyl sites for hydroxylation is 1. The van der Waals surface area contributed by atoms with Gasteiger partial charge in [0.25, 0.3) is 17.7 Å². The molecule has 160 valence electrons. The van der Waals surface area contributed by atoms with Crippen LogP contribution < -0.4 is 10.6 Å². The average Bonchev–Trinajstić information content (AvgIpc) is 3.31. The number of amides is 3. The van der Waals surface area contributed by atoms with E-state index in [1.54, 1.807) is 59.5 Å². The first kappa shape index (κ1) is 21.8. The maximum atomic E-state index is 12.7. The van der Waals surface area contributed by atoms with E-state index in [4.69, 9.17) is 4.42 Å². The third-order valence-electron chi connectivity index (χ3n) is 4.93. The van der Waals surface area contributed by atoms with E-state index in [0.29, 0.717) is 35.6 Å². The van der Waals surface area contributed by atoms with Crippen molar-refractivity contribution in [2.24, 2.45) is 0 Å². The molecule has 0 unspecified atom stereocenters. The van der Waals surface area contributed by atoms with Gasteiger partial charge in [0.15, 0.2) is 5.76 Å². The average molecular weight is 419 g/mol. The molecule has 2 N–H and O–H groups in total. The third-order valence-corrected chi connectivity index (χ3v) is 4.93. The van der Waals surface area contributed by atoms with Crippen molar-refractivity contribution in [3.05, 3.63) is 83.3 Å². The molecular weight excluding hydrogens is 394 g/mol. The van der Waals surface area contributed by atoms with Crippen LogP contribution in [-0.2, 0) is 0 Å². The zero-order valence-corrected chi connectivity index (χ0v) is 17.8. The molecule has 0 radical (unpaired) electrons. The maximum absolute atomic E-state index is 12.7. The van der Waals surface area contributed by atoms with Crippen LogP contribution in [0.1, 0.15) is 50.7 Å². The molecule has 3 aromatic rings. The fourth-order valence-corrected chi connectivity index (χ4v) is 3.08. The molecule has 3 rings (SSSR count). The summed E-state index contributed by atoms with van der Waals surface area (Å²) in [6.07, 6.45) is 1.42. The first-order valence-corrected chi connectivity index (χ1v) is 10.1. The molecule has 3 amide bonds. The Bertz CT molecular complexity index is 1070. The Hall–Kier alpha value is -3.87. The van der Waals surface area contributed by atoms with Crippen LogP contribution in [0.25, 0.3) is 0 Å². The molecule has 0 saturated carbocycles. The predicted molar refractivity (Wildman–Crippen MR) is 119 cm³/mol. The lowest BCUT2D eigenvalue weighted by molar-refractivity contribution is 0.0772. The second-order valence-corrected chi connectivity index (χ2v) is 6.97. The molecule has 0 aliphatic heterocycles. The molecule has 2 aromatic carbocycles. The van der Waals surface area contributed by atoms with Crippen LogP contribution in [0.5, 0.6) is 0 Å². The summed E-state index contributed by atoms with van der Waals surface area (Å²) in [4.78, 5) is 39.1. The Morgan fingerprint density at radius 1 is 0.871 bits per heavy atom. The van der Waals surface area contributed by atoms with E-state index in [2.05, 4.69) is 10.6 Å². The van der Waals surface area contributed by atoms with Crippen LogP contribution in [0, 0.1) is 6.92 Å². The molecule has 31 heavy (non-hydrogen) atoms. The first-order chi connectivity index (χ1) is 14.9. The lowest BCUT2D eigenvalue weighted by Crippen LogP contribution is -2.30. The summed E-state index contributed by atoms with van der Waals surface area (Å²) in [6, 6.07) is 15.0. The molecule has 0 saturated heterocycles. The minimum Gasteiger partial charge on any atom is -0.459 e. The Balaban J connectivity index is 1.70. The first-order valence-electron chi connectivity index (χ1n) is 10.1. The van der Waals surface area contributed by atoms with Crippen LogP contribution in [-0.4, -0.2) is 35.7 Å². The van der Waals surface area contributed by atoms with Crippen molar-refractivity contribution in [2.45, 2.75) is 20.8 Å². The summed E-state index contributed by atoms with van der Waals surface area (Å²) >= 11 is 0. The Morgan fingerprint density at radius 3 is 2.16 bits per heavy atom. The molecule has 0 bridgehead atoms. The van der Waals surface area contributed by atoms with E-state index in [0.717, 1.165) is 5.56 Å². The van der Waals surface area contributed by atoms with Crippen LogP contribution in [0.15, 0.2) is 65.3 Å². The highest BCUT2D eigenvalue weighted by atomic mass is 16.3.